The summed E-state index contributed by atoms with van der Waals surface area (Å²) in [6, 6.07) is 20.3. The van der Waals surface area contributed by atoms with Gasteiger partial charge in [-0.3, -0.25) is 14.2 Å². The van der Waals surface area contributed by atoms with Crippen molar-refractivity contribution in [3.8, 4) is 11.1 Å². The van der Waals surface area contributed by atoms with Crippen LogP contribution in [0.5, 0.6) is 0 Å². The molecule has 0 spiro atoms. The molecule has 7 heteroatoms. The first-order chi connectivity index (χ1) is 14.9. The normalized spacial score (nSPS) is 10.9. The van der Waals surface area contributed by atoms with Gasteiger partial charge in [0.1, 0.15) is 5.69 Å². The molecule has 4 rings (SSSR count). The minimum Gasteiger partial charge on any atom is -0.477 e. The van der Waals surface area contributed by atoms with Gasteiger partial charge in [0.15, 0.2) is 5.78 Å². The molecule has 0 aliphatic heterocycles. The molecule has 154 valence electrons. The lowest BCUT2D eigenvalue weighted by molar-refractivity contribution is 0.0684. The maximum atomic E-state index is 13.3. The Morgan fingerprint density at radius 1 is 0.935 bits per heavy atom. The smallest absolute Gasteiger partial charge is 0.353 e. The summed E-state index contributed by atoms with van der Waals surface area (Å²) in [5, 5.41) is 11.4. The van der Waals surface area contributed by atoms with Crippen LogP contribution < -0.4 is 5.56 Å². The zero-order chi connectivity index (χ0) is 22.1. The Hall–Kier alpha value is -3.22. The van der Waals surface area contributed by atoms with Gasteiger partial charge in [0.2, 0.25) is 0 Å². The third-order valence-electron chi connectivity index (χ3n) is 4.97. The van der Waals surface area contributed by atoms with E-state index < -0.39 is 23.9 Å². The largest absolute Gasteiger partial charge is 0.477 e. The van der Waals surface area contributed by atoms with Gasteiger partial charge < -0.3 is 5.11 Å². The second kappa shape index (κ2) is 8.49. The van der Waals surface area contributed by atoms with Crippen LogP contribution in [-0.4, -0.2) is 21.4 Å². The number of Topliss-reactive ketones (excluding diaryl/α,β-unsaturated/α-hetero) is 1. The van der Waals surface area contributed by atoms with Gasteiger partial charge in [-0.2, -0.15) is 0 Å². The van der Waals surface area contributed by atoms with Crippen molar-refractivity contribution in [3.05, 3.63) is 104 Å². The molecule has 31 heavy (non-hydrogen) atoms. The summed E-state index contributed by atoms with van der Waals surface area (Å²) in [5.41, 5.74) is 0.583. The van der Waals surface area contributed by atoms with Gasteiger partial charge in [0.25, 0.3) is 5.56 Å². The Kier molecular flexibility index (Phi) is 5.76. The van der Waals surface area contributed by atoms with Crippen molar-refractivity contribution < 1.29 is 14.7 Å². The molecule has 4 aromatic rings. The summed E-state index contributed by atoms with van der Waals surface area (Å²) in [6.45, 7) is -0.409. The van der Waals surface area contributed by atoms with Gasteiger partial charge in [-0.1, -0.05) is 57.9 Å². The molecule has 0 atom stereocenters. The van der Waals surface area contributed by atoms with Crippen molar-refractivity contribution in [2.24, 2.45) is 0 Å². The van der Waals surface area contributed by atoms with E-state index in [2.05, 4.69) is 15.9 Å². The lowest BCUT2D eigenvalue weighted by Crippen LogP contribution is -2.30. The Morgan fingerprint density at radius 2 is 1.61 bits per heavy atom. The average molecular weight is 497 g/mol. The van der Waals surface area contributed by atoms with Crippen molar-refractivity contribution in [2.75, 3.05) is 0 Å². The van der Waals surface area contributed by atoms with Crippen LogP contribution in [0.3, 0.4) is 0 Å². The maximum Gasteiger partial charge on any atom is 0.353 e. The molecule has 0 saturated heterocycles. The first-order valence-electron chi connectivity index (χ1n) is 9.30. The van der Waals surface area contributed by atoms with Crippen LogP contribution in [0.2, 0.25) is 5.02 Å². The molecule has 0 radical (unpaired) electrons. The first kappa shape index (κ1) is 21.0. The highest BCUT2D eigenvalue weighted by molar-refractivity contribution is 9.10. The van der Waals surface area contributed by atoms with E-state index in [4.69, 9.17) is 11.6 Å². The predicted molar refractivity (Wildman–Crippen MR) is 124 cm³/mol. The SMILES string of the molecule is O=C(Cn1c(C(=O)O)c(-c2ccccc2)c2cc(Br)ccc2c1=O)c1ccc(Cl)cc1. The fraction of sp³-hybridized carbons (Fsp3) is 0.0417. The van der Waals surface area contributed by atoms with E-state index in [0.717, 1.165) is 4.57 Å². The van der Waals surface area contributed by atoms with Crippen molar-refractivity contribution in [3.63, 3.8) is 0 Å². The number of nitrogens with zero attached hydrogens (tertiary/aromatic N) is 1. The number of fused-ring (bicyclic) bond motifs is 1. The van der Waals surface area contributed by atoms with Gasteiger partial charge in [-0.05, 0) is 53.4 Å². The summed E-state index contributed by atoms with van der Waals surface area (Å²) < 4.78 is 1.75. The molecule has 0 saturated carbocycles. The van der Waals surface area contributed by atoms with Crippen LogP contribution in [0.4, 0.5) is 0 Å². The number of carbonyl (C=O) groups is 2. The highest BCUT2D eigenvalue weighted by Gasteiger charge is 2.24. The lowest BCUT2D eigenvalue weighted by atomic mass is 9.96. The number of hydrogen-bond acceptors (Lipinski definition) is 3. The molecule has 0 aliphatic carbocycles. The first-order valence-corrected chi connectivity index (χ1v) is 10.5. The molecule has 0 bridgehead atoms. The summed E-state index contributed by atoms with van der Waals surface area (Å²) >= 11 is 9.29. The van der Waals surface area contributed by atoms with Gasteiger partial charge in [-0.15, -0.1) is 0 Å². The van der Waals surface area contributed by atoms with Crippen molar-refractivity contribution in [1.29, 1.82) is 0 Å². The number of carboxylic acid groups (broad SMARTS) is 1. The number of hydrogen-bond donors (Lipinski definition) is 1. The summed E-state index contributed by atoms with van der Waals surface area (Å²) in [5.74, 6) is -1.68. The highest BCUT2D eigenvalue weighted by atomic mass is 79.9. The number of carboxylic acids is 1. The molecule has 1 heterocycles. The average Bonchev–Trinajstić information content (AvgIpc) is 2.76. The van der Waals surface area contributed by atoms with E-state index in [-0.39, 0.29) is 5.69 Å². The Labute approximate surface area is 190 Å². The van der Waals surface area contributed by atoms with Gasteiger partial charge in [0.05, 0.1) is 6.54 Å². The minimum absolute atomic E-state index is 0.232. The minimum atomic E-state index is -1.29. The molecule has 0 aliphatic rings. The monoisotopic (exact) mass is 495 g/mol. The van der Waals surface area contributed by atoms with E-state index in [1.165, 1.54) is 0 Å². The Morgan fingerprint density at radius 3 is 2.26 bits per heavy atom. The van der Waals surface area contributed by atoms with E-state index in [1.807, 2.05) is 6.07 Å². The van der Waals surface area contributed by atoms with Crippen molar-refractivity contribution in [2.45, 2.75) is 6.54 Å². The van der Waals surface area contributed by atoms with Crippen LogP contribution >= 0.6 is 27.5 Å². The van der Waals surface area contributed by atoms with Crippen LogP contribution in [0.25, 0.3) is 21.9 Å². The van der Waals surface area contributed by atoms with Gasteiger partial charge in [0, 0.05) is 26.0 Å². The fourth-order valence-corrected chi connectivity index (χ4v) is 4.05. The van der Waals surface area contributed by atoms with E-state index in [1.54, 1.807) is 66.7 Å². The van der Waals surface area contributed by atoms with E-state index >= 15 is 0 Å². The second-order valence-corrected chi connectivity index (χ2v) is 8.26. The zero-order valence-corrected chi connectivity index (χ0v) is 18.4. The third-order valence-corrected chi connectivity index (χ3v) is 5.71. The summed E-state index contributed by atoms with van der Waals surface area (Å²) in [4.78, 5) is 38.5. The zero-order valence-electron chi connectivity index (χ0n) is 16.0. The highest BCUT2D eigenvalue weighted by Crippen LogP contribution is 2.32. The number of aromatic nitrogens is 1. The molecular weight excluding hydrogens is 482 g/mol. The van der Waals surface area contributed by atoms with Crippen molar-refractivity contribution in [1.82, 2.24) is 4.57 Å². The maximum absolute atomic E-state index is 13.3. The fourth-order valence-electron chi connectivity index (χ4n) is 3.56. The lowest BCUT2D eigenvalue weighted by Gasteiger charge is -2.17. The number of ketones is 1. The molecule has 1 N–H and O–H groups in total. The Balaban J connectivity index is 2.02. The molecule has 0 fully saturated rings. The van der Waals surface area contributed by atoms with Crippen LogP contribution in [0, 0.1) is 0 Å². The number of pyridine rings is 1. The van der Waals surface area contributed by atoms with Crippen LogP contribution in [0.15, 0.2) is 82.1 Å². The second-order valence-electron chi connectivity index (χ2n) is 6.91. The quantitative estimate of drug-likeness (QED) is 0.361. The van der Waals surface area contributed by atoms with E-state index in [0.29, 0.717) is 37.0 Å². The molecule has 3 aromatic carbocycles. The van der Waals surface area contributed by atoms with Gasteiger partial charge >= 0.3 is 5.97 Å². The van der Waals surface area contributed by atoms with Crippen molar-refractivity contribution >= 4 is 50.1 Å². The third kappa shape index (κ3) is 4.04. The standard InChI is InChI=1S/C24H15BrClNO4/c25-16-8-11-18-19(12-16)21(15-4-2-1-3-5-15)22(24(30)31)27(23(18)29)13-20(28)14-6-9-17(26)10-7-14/h1-12H,13H2,(H,30,31). The molecular formula is C24H15BrClNO4. The van der Waals surface area contributed by atoms with Crippen LogP contribution in [-0.2, 0) is 6.54 Å². The number of aromatic carboxylic acids is 1. The predicted octanol–water partition coefficient (Wildman–Crippen LogP) is 5.67. The Bertz CT molecular complexity index is 1380. The molecule has 1 aromatic heterocycles. The number of rotatable bonds is 5. The molecule has 5 nitrogen and oxygen atoms in total. The number of benzene rings is 3. The van der Waals surface area contributed by atoms with E-state index in [9.17, 15) is 19.5 Å². The summed E-state index contributed by atoms with van der Waals surface area (Å²) in [7, 11) is 0. The number of carbonyl (C=O) groups excluding carboxylic acids is 1. The molecule has 0 amide bonds. The topological polar surface area (TPSA) is 76.4 Å². The molecule has 0 unspecified atom stereocenters. The number of halogens is 2. The van der Waals surface area contributed by atoms with Crippen LogP contribution in [0.1, 0.15) is 20.8 Å². The van der Waals surface area contributed by atoms with Gasteiger partial charge in [-0.25, -0.2) is 4.79 Å². The summed E-state index contributed by atoms with van der Waals surface area (Å²) in [6.07, 6.45) is 0.